The number of nitrogens with one attached hydrogen (secondary N) is 1. The predicted molar refractivity (Wildman–Crippen MR) is 84.4 cm³/mol. The fraction of sp³-hybridized carbons (Fsp3) is 0.562. The molecule has 5 nitrogen and oxygen atoms in total. The number of nitrogens with two attached hydrogens (primary N) is 1. The van der Waals surface area contributed by atoms with Gasteiger partial charge in [-0.15, -0.1) is 0 Å². The van der Waals surface area contributed by atoms with Gasteiger partial charge in [0.25, 0.3) is 0 Å². The van der Waals surface area contributed by atoms with Crippen LogP contribution in [0, 0.1) is 6.92 Å². The standard InChI is InChI=1S/C16H25N3O2/c1-13-4-2-5-14(12-13)18-16(20)19-9-6-15(7-10-19)21-11-3-8-17/h2,4-5,12,15H,3,6-11,17H2,1H3,(H,18,20). The normalized spacial score (nSPS) is 16.0. The lowest BCUT2D eigenvalue weighted by Gasteiger charge is -2.32. The van der Waals surface area contributed by atoms with E-state index in [1.54, 1.807) is 0 Å². The Labute approximate surface area is 126 Å². The first-order valence-electron chi connectivity index (χ1n) is 7.63. The van der Waals surface area contributed by atoms with E-state index < -0.39 is 0 Å². The Bertz CT molecular complexity index is 457. The lowest BCUT2D eigenvalue weighted by Crippen LogP contribution is -2.43. The van der Waals surface area contributed by atoms with Crippen LogP contribution in [0.15, 0.2) is 24.3 Å². The molecule has 1 heterocycles. The number of nitrogens with zero attached hydrogens (tertiary/aromatic N) is 1. The lowest BCUT2D eigenvalue weighted by atomic mass is 10.1. The van der Waals surface area contributed by atoms with Crippen molar-refractivity contribution in [2.75, 3.05) is 31.6 Å². The molecule has 0 aliphatic carbocycles. The molecule has 3 N–H and O–H groups in total. The molecule has 0 spiro atoms. The Morgan fingerprint density at radius 1 is 1.43 bits per heavy atom. The lowest BCUT2D eigenvalue weighted by molar-refractivity contribution is 0.0156. The molecule has 5 heteroatoms. The number of piperidine rings is 1. The number of anilines is 1. The van der Waals surface area contributed by atoms with Crippen LogP contribution in [0.1, 0.15) is 24.8 Å². The minimum absolute atomic E-state index is 0.0268. The molecule has 0 aromatic heterocycles. The molecule has 0 bridgehead atoms. The van der Waals surface area contributed by atoms with Gasteiger partial charge in [-0.25, -0.2) is 4.79 Å². The maximum Gasteiger partial charge on any atom is 0.321 e. The second kappa shape index (κ2) is 8.00. The Balaban J connectivity index is 1.75. The number of ether oxygens (including phenoxy) is 1. The number of hydrogen-bond acceptors (Lipinski definition) is 3. The van der Waals surface area contributed by atoms with Crippen LogP contribution in [-0.4, -0.2) is 43.3 Å². The van der Waals surface area contributed by atoms with Crippen LogP contribution in [0.25, 0.3) is 0 Å². The van der Waals surface area contributed by atoms with Gasteiger partial charge >= 0.3 is 6.03 Å². The summed E-state index contributed by atoms with van der Waals surface area (Å²) in [7, 11) is 0. The molecule has 1 aromatic rings. The van der Waals surface area contributed by atoms with Gasteiger partial charge in [-0.1, -0.05) is 12.1 Å². The minimum atomic E-state index is -0.0268. The van der Waals surface area contributed by atoms with Gasteiger partial charge in [0.1, 0.15) is 0 Å². The van der Waals surface area contributed by atoms with Gasteiger partial charge < -0.3 is 20.7 Å². The molecule has 0 atom stereocenters. The molecule has 1 saturated heterocycles. The van der Waals surface area contributed by atoms with E-state index in [0.717, 1.165) is 50.2 Å². The highest BCUT2D eigenvalue weighted by molar-refractivity contribution is 5.89. The topological polar surface area (TPSA) is 67.6 Å². The average molecular weight is 291 g/mol. The highest BCUT2D eigenvalue weighted by atomic mass is 16.5. The predicted octanol–water partition coefficient (Wildman–Crippen LogP) is 2.36. The number of amides is 2. The average Bonchev–Trinajstić information content (AvgIpc) is 2.48. The van der Waals surface area contributed by atoms with Gasteiger partial charge in [-0.3, -0.25) is 0 Å². The van der Waals surface area contributed by atoms with Crippen molar-refractivity contribution in [2.24, 2.45) is 5.73 Å². The van der Waals surface area contributed by atoms with E-state index in [1.165, 1.54) is 0 Å². The highest BCUT2D eigenvalue weighted by Crippen LogP contribution is 2.16. The summed E-state index contributed by atoms with van der Waals surface area (Å²) in [6.07, 6.45) is 2.95. The Morgan fingerprint density at radius 2 is 2.19 bits per heavy atom. The first-order chi connectivity index (χ1) is 10.2. The second-order valence-electron chi connectivity index (χ2n) is 5.50. The van der Waals surface area contributed by atoms with Crippen molar-refractivity contribution in [3.63, 3.8) is 0 Å². The van der Waals surface area contributed by atoms with Gasteiger partial charge in [0.15, 0.2) is 0 Å². The van der Waals surface area contributed by atoms with Crippen LogP contribution in [0.2, 0.25) is 0 Å². The number of benzene rings is 1. The minimum Gasteiger partial charge on any atom is -0.378 e. The van der Waals surface area contributed by atoms with Crippen LogP contribution in [0.3, 0.4) is 0 Å². The third-order valence-corrected chi connectivity index (χ3v) is 3.70. The zero-order valence-corrected chi connectivity index (χ0v) is 12.7. The molecular formula is C16H25N3O2. The van der Waals surface area contributed by atoms with Crippen molar-refractivity contribution in [3.8, 4) is 0 Å². The fourth-order valence-corrected chi connectivity index (χ4v) is 2.48. The van der Waals surface area contributed by atoms with Gasteiger partial charge in [-0.05, 0) is 50.4 Å². The largest absolute Gasteiger partial charge is 0.378 e. The van der Waals surface area contributed by atoms with E-state index in [2.05, 4.69) is 5.32 Å². The number of rotatable bonds is 5. The van der Waals surface area contributed by atoms with Gasteiger partial charge in [0.2, 0.25) is 0 Å². The van der Waals surface area contributed by atoms with Crippen molar-refractivity contribution >= 4 is 11.7 Å². The first kappa shape index (κ1) is 15.8. The molecule has 0 saturated carbocycles. The summed E-state index contributed by atoms with van der Waals surface area (Å²) < 4.78 is 5.75. The maximum absolute atomic E-state index is 12.2. The second-order valence-corrected chi connectivity index (χ2v) is 5.50. The number of carbonyl (C=O) groups is 1. The van der Waals surface area contributed by atoms with Crippen LogP contribution in [-0.2, 0) is 4.74 Å². The summed E-state index contributed by atoms with van der Waals surface area (Å²) in [5.74, 6) is 0. The van der Waals surface area contributed by atoms with E-state index in [1.807, 2.05) is 36.1 Å². The molecule has 1 aliphatic heterocycles. The molecule has 1 fully saturated rings. The summed E-state index contributed by atoms with van der Waals surface area (Å²) in [6, 6.07) is 7.82. The van der Waals surface area contributed by atoms with Crippen LogP contribution in [0.5, 0.6) is 0 Å². The smallest absolute Gasteiger partial charge is 0.321 e. The fourth-order valence-electron chi connectivity index (χ4n) is 2.48. The number of carbonyl (C=O) groups excluding carboxylic acids is 1. The summed E-state index contributed by atoms with van der Waals surface area (Å²) in [5, 5.41) is 2.95. The maximum atomic E-state index is 12.2. The molecule has 2 rings (SSSR count). The van der Waals surface area contributed by atoms with Crippen LogP contribution >= 0.6 is 0 Å². The van der Waals surface area contributed by atoms with Crippen molar-refractivity contribution in [2.45, 2.75) is 32.3 Å². The van der Waals surface area contributed by atoms with Crippen LogP contribution in [0.4, 0.5) is 10.5 Å². The molecular weight excluding hydrogens is 266 g/mol. The molecule has 0 unspecified atom stereocenters. The third-order valence-electron chi connectivity index (χ3n) is 3.70. The van der Waals surface area contributed by atoms with E-state index in [0.29, 0.717) is 6.54 Å². The first-order valence-corrected chi connectivity index (χ1v) is 7.63. The molecule has 2 amide bonds. The van der Waals surface area contributed by atoms with E-state index >= 15 is 0 Å². The highest BCUT2D eigenvalue weighted by Gasteiger charge is 2.23. The third kappa shape index (κ3) is 5.02. The van der Waals surface area contributed by atoms with Crippen molar-refractivity contribution in [3.05, 3.63) is 29.8 Å². The van der Waals surface area contributed by atoms with Gasteiger partial charge in [0, 0.05) is 25.4 Å². The summed E-state index contributed by atoms with van der Waals surface area (Å²) >= 11 is 0. The molecule has 21 heavy (non-hydrogen) atoms. The van der Waals surface area contributed by atoms with Crippen molar-refractivity contribution in [1.82, 2.24) is 4.90 Å². The van der Waals surface area contributed by atoms with Crippen molar-refractivity contribution in [1.29, 1.82) is 0 Å². The SMILES string of the molecule is Cc1cccc(NC(=O)N2CCC(OCCCN)CC2)c1. The number of likely N-dealkylation sites (tertiary alicyclic amines) is 1. The van der Waals surface area contributed by atoms with Crippen molar-refractivity contribution < 1.29 is 9.53 Å². The van der Waals surface area contributed by atoms with E-state index in [9.17, 15) is 4.79 Å². The van der Waals surface area contributed by atoms with Crippen LogP contribution < -0.4 is 11.1 Å². The summed E-state index contributed by atoms with van der Waals surface area (Å²) in [5.41, 5.74) is 7.44. The molecule has 1 aromatic carbocycles. The van der Waals surface area contributed by atoms with Gasteiger partial charge in [-0.2, -0.15) is 0 Å². The zero-order chi connectivity index (χ0) is 15.1. The monoisotopic (exact) mass is 291 g/mol. The summed E-state index contributed by atoms with van der Waals surface area (Å²) in [6.45, 7) is 4.88. The molecule has 1 aliphatic rings. The quantitative estimate of drug-likeness (QED) is 0.818. The number of aryl methyl sites for hydroxylation is 1. The van der Waals surface area contributed by atoms with E-state index in [4.69, 9.17) is 10.5 Å². The number of urea groups is 1. The Morgan fingerprint density at radius 3 is 2.86 bits per heavy atom. The zero-order valence-electron chi connectivity index (χ0n) is 12.7. The molecule has 116 valence electrons. The number of hydrogen-bond donors (Lipinski definition) is 2. The summed E-state index contributed by atoms with van der Waals surface area (Å²) in [4.78, 5) is 14.1. The van der Waals surface area contributed by atoms with Gasteiger partial charge in [0.05, 0.1) is 6.10 Å². The van der Waals surface area contributed by atoms with E-state index in [-0.39, 0.29) is 12.1 Å². The molecule has 0 radical (unpaired) electrons. The Hall–Kier alpha value is -1.59. The Kier molecular flexibility index (Phi) is 6.02.